The molecule has 66 valence electrons. The van der Waals surface area contributed by atoms with Gasteiger partial charge in [0.1, 0.15) is 5.75 Å². The number of methoxy groups -OCH3 is 1. The number of nitrogens with one attached hydrogen (secondary N) is 1. The lowest BCUT2D eigenvalue weighted by atomic mass is 10.3. The average molecular weight is 185 g/mol. The fraction of sp³-hybridized carbons (Fsp3) is 0.250. The predicted molar refractivity (Wildman–Crippen MR) is 48.0 cm³/mol. The molecule has 1 aromatic carbocycles. The van der Waals surface area contributed by atoms with Gasteiger partial charge in [-0.1, -0.05) is 0 Å². The Morgan fingerprint density at radius 3 is 2.17 bits per heavy atom. The number of rotatable bonds is 2. The van der Waals surface area contributed by atoms with Gasteiger partial charge < -0.3 is 4.74 Å². The molecule has 1 rings (SSSR count). The van der Waals surface area contributed by atoms with E-state index in [0.29, 0.717) is 10.6 Å². The Hall–Kier alpha value is -1.03. The second-order valence-corrected chi connectivity index (χ2v) is 4.68. The molecule has 1 atom stereocenters. The zero-order valence-electron chi connectivity index (χ0n) is 7.03. The van der Waals surface area contributed by atoms with Gasteiger partial charge in [-0.2, -0.15) is 0 Å². The van der Waals surface area contributed by atoms with Crippen LogP contribution in [0.25, 0.3) is 0 Å². The predicted octanol–water partition coefficient (Wildman–Crippen LogP) is 1.73. The molecule has 0 saturated carbocycles. The Kier molecular flexibility index (Phi) is 2.38. The van der Waals surface area contributed by atoms with Crippen molar-refractivity contribution in [2.45, 2.75) is 4.90 Å². The third-order valence-electron chi connectivity index (χ3n) is 1.51. The molecule has 0 radical (unpaired) electrons. The Balaban J connectivity index is 3.09. The van der Waals surface area contributed by atoms with Crippen molar-refractivity contribution in [3.8, 4) is 5.75 Å². The van der Waals surface area contributed by atoms with E-state index in [4.69, 9.17) is 9.52 Å². The molecular weight excluding hydrogens is 174 g/mol. The van der Waals surface area contributed by atoms with Gasteiger partial charge in [-0.3, -0.25) is 0 Å². The van der Waals surface area contributed by atoms with Gasteiger partial charge in [0.2, 0.25) is 0 Å². The molecule has 0 amide bonds. The monoisotopic (exact) mass is 185 g/mol. The average Bonchev–Trinajstić information content (AvgIpc) is 2.03. The number of benzene rings is 1. The molecule has 1 N–H and O–H groups in total. The van der Waals surface area contributed by atoms with Crippen LogP contribution in [0.5, 0.6) is 5.75 Å². The molecule has 0 bridgehead atoms. The van der Waals surface area contributed by atoms with E-state index in [2.05, 4.69) is 0 Å². The molecule has 0 fully saturated rings. The molecular formula is C8H11NO2S. The van der Waals surface area contributed by atoms with E-state index in [1.165, 1.54) is 6.26 Å². The van der Waals surface area contributed by atoms with Gasteiger partial charge in [-0.15, -0.1) is 0 Å². The molecule has 0 aliphatic heterocycles. The molecule has 0 aliphatic carbocycles. The van der Waals surface area contributed by atoms with Crippen molar-refractivity contribution in [1.29, 1.82) is 4.78 Å². The molecule has 3 nitrogen and oxygen atoms in total. The summed E-state index contributed by atoms with van der Waals surface area (Å²) in [5.41, 5.74) is 0. The van der Waals surface area contributed by atoms with Gasteiger partial charge >= 0.3 is 0 Å². The first kappa shape index (κ1) is 9.06. The smallest absolute Gasteiger partial charge is 0.118 e. The van der Waals surface area contributed by atoms with Crippen molar-refractivity contribution < 1.29 is 8.95 Å². The van der Waals surface area contributed by atoms with Crippen LogP contribution in [0.3, 0.4) is 0 Å². The van der Waals surface area contributed by atoms with E-state index in [1.807, 2.05) is 0 Å². The summed E-state index contributed by atoms with van der Waals surface area (Å²) in [6, 6.07) is 6.70. The van der Waals surface area contributed by atoms with Crippen molar-refractivity contribution >= 4 is 9.73 Å². The maximum absolute atomic E-state index is 11.2. The quantitative estimate of drug-likeness (QED) is 0.762. The number of hydrogen-bond acceptors (Lipinski definition) is 3. The Morgan fingerprint density at radius 1 is 1.33 bits per heavy atom. The SMILES string of the molecule is COc1ccc(S(C)(=N)=O)cc1. The van der Waals surface area contributed by atoms with Crippen LogP contribution in [0.4, 0.5) is 0 Å². The molecule has 0 saturated heterocycles. The second-order valence-electron chi connectivity index (χ2n) is 2.52. The summed E-state index contributed by atoms with van der Waals surface area (Å²) < 4.78 is 23.4. The first-order valence-electron chi connectivity index (χ1n) is 3.42. The second kappa shape index (κ2) is 3.15. The summed E-state index contributed by atoms with van der Waals surface area (Å²) in [7, 11) is -1.01. The first-order chi connectivity index (χ1) is 5.54. The first-order valence-corrected chi connectivity index (χ1v) is 5.38. The van der Waals surface area contributed by atoms with Gasteiger partial charge in [0.25, 0.3) is 0 Å². The Labute approximate surface area is 72.3 Å². The van der Waals surface area contributed by atoms with Crippen LogP contribution in [-0.2, 0) is 9.73 Å². The van der Waals surface area contributed by atoms with E-state index in [0.717, 1.165) is 0 Å². The largest absolute Gasteiger partial charge is 0.497 e. The standard InChI is InChI=1S/C8H11NO2S/c1-11-7-3-5-8(6-4-7)12(2,9)10/h3-6,9H,1-2H3. The van der Waals surface area contributed by atoms with E-state index < -0.39 is 9.73 Å². The van der Waals surface area contributed by atoms with Crippen molar-refractivity contribution in [2.75, 3.05) is 13.4 Å². The lowest BCUT2D eigenvalue weighted by molar-refractivity contribution is 0.414. The minimum Gasteiger partial charge on any atom is -0.497 e. The molecule has 12 heavy (non-hydrogen) atoms. The van der Waals surface area contributed by atoms with Gasteiger partial charge in [-0.25, -0.2) is 8.99 Å². The van der Waals surface area contributed by atoms with Crippen molar-refractivity contribution in [3.63, 3.8) is 0 Å². The van der Waals surface area contributed by atoms with Crippen molar-refractivity contribution in [2.24, 2.45) is 0 Å². The molecule has 1 aromatic rings. The number of hydrogen-bond donors (Lipinski definition) is 1. The topological polar surface area (TPSA) is 50.1 Å². The molecule has 0 heterocycles. The van der Waals surface area contributed by atoms with E-state index in [-0.39, 0.29) is 0 Å². The molecule has 0 aliphatic rings. The summed E-state index contributed by atoms with van der Waals surface area (Å²) in [5.74, 6) is 0.711. The third-order valence-corrected chi connectivity index (χ3v) is 2.68. The minimum atomic E-state index is -2.58. The van der Waals surface area contributed by atoms with Crippen molar-refractivity contribution in [1.82, 2.24) is 0 Å². The van der Waals surface area contributed by atoms with Crippen LogP contribution in [0.2, 0.25) is 0 Å². The zero-order chi connectivity index (χ0) is 9.19. The fourth-order valence-electron chi connectivity index (χ4n) is 0.835. The van der Waals surface area contributed by atoms with Crippen LogP contribution in [-0.4, -0.2) is 17.6 Å². The van der Waals surface area contributed by atoms with E-state index in [1.54, 1.807) is 31.4 Å². The Morgan fingerprint density at radius 2 is 1.83 bits per heavy atom. The highest BCUT2D eigenvalue weighted by Gasteiger charge is 2.01. The zero-order valence-corrected chi connectivity index (χ0v) is 7.85. The molecule has 0 aromatic heterocycles. The summed E-state index contributed by atoms with van der Waals surface area (Å²) in [4.78, 5) is 0.531. The summed E-state index contributed by atoms with van der Waals surface area (Å²) in [5, 5.41) is 0. The van der Waals surface area contributed by atoms with E-state index >= 15 is 0 Å². The van der Waals surface area contributed by atoms with E-state index in [9.17, 15) is 4.21 Å². The summed E-state index contributed by atoms with van der Waals surface area (Å²) >= 11 is 0. The lowest BCUT2D eigenvalue weighted by Gasteiger charge is -2.02. The highest BCUT2D eigenvalue weighted by atomic mass is 32.2. The van der Waals surface area contributed by atoms with Crippen LogP contribution >= 0.6 is 0 Å². The van der Waals surface area contributed by atoms with Crippen LogP contribution in [0.15, 0.2) is 29.2 Å². The lowest BCUT2D eigenvalue weighted by Crippen LogP contribution is -1.94. The van der Waals surface area contributed by atoms with Gasteiger partial charge in [0.15, 0.2) is 0 Å². The summed E-state index contributed by atoms with van der Waals surface area (Å²) in [6.07, 6.45) is 1.40. The van der Waals surface area contributed by atoms with Gasteiger partial charge in [0.05, 0.1) is 16.8 Å². The molecule has 1 unspecified atom stereocenters. The molecule has 4 heteroatoms. The highest BCUT2D eigenvalue weighted by Crippen LogP contribution is 2.15. The van der Waals surface area contributed by atoms with Gasteiger partial charge in [-0.05, 0) is 24.3 Å². The van der Waals surface area contributed by atoms with Gasteiger partial charge in [0, 0.05) is 11.2 Å². The number of ether oxygens (including phenoxy) is 1. The minimum absolute atomic E-state index is 0.531. The third kappa shape index (κ3) is 1.98. The normalized spacial score (nSPS) is 15.2. The van der Waals surface area contributed by atoms with Crippen LogP contribution < -0.4 is 4.74 Å². The Bertz CT molecular complexity index is 353. The maximum atomic E-state index is 11.2. The van der Waals surface area contributed by atoms with Crippen LogP contribution in [0.1, 0.15) is 0 Å². The van der Waals surface area contributed by atoms with Crippen LogP contribution in [0, 0.1) is 4.78 Å². The fourth-order valence-corrected chi connectivity index (χ4v) is 1.49. The summed E-state index contributed by atoms with van der Waals surface area (Å²) in [6.45, 7) is 0. The highest BCUT2D eigenvalue weighted by molar-refractivity contribution is 7.91. The maximum Gasteiger partial charge on any atom is 0.118 e. The van der Waals surface area contributed by atoms with Crippen molar-refractivity contribution in [3.05, 3.63) is 24.3 Å². The molecule has 0 spiro atoms.